The Labute approximate surface area is 131 Å². The zero-order valence-corrected chi connectivity index (χ0v) is 13.9. The lowest BCUT2D eigenvalue weighted by molar-refractivity contribution is -0.122. The van der Waals surface area contributed by atoms with Crippen molar-refractivity contribution in [3.63, 3.8) is 0 Å². The molecule has 0 atom stereocenters. The summed E-state index contributed by atoms with van der Waals surface area (Å²) in [6.45, 7) is 8.09. The van der Waals surface area contributed by atoms with Crippen molar-refractivity contribution in [3.05, 3.63) is 23.2 Å². The summed E-state index contributed by atoms with van der Waals surface area (Å²) in [6, 6.07) is 1.69. The monoisotopic (exact) mass is 310 g/mol. The molecule has 0 aliphatic heterocycles. The van der Waals surface area contributed by atoms with Gasteiger partial charge in [-0.1, -0.05) is 13.8 Å². The van der Waals surface area contributed by atoms with E-state index in [1.807, 2.05) is 11.8 Å². The molecule has 6 heteroatoms. The van der Waals surface area contributed by atoms with Crippen molar-refractivity contribution in [2.24, 2.45) is 0 Å². The molecule has 0 radical (unpaired) electrons. The summed E-state index contributed by atoms with van der Waals surface area (Å²) in [4.78, 5) is 25.4. The van der Waals surface area contributed by atoms with Crippen LogP contribution in [-0.2, 0) is 16.1 Å². The van der Waals surface area contributed by atoms with Crippen molar-refractivity contribution in [1.29, 1.82) is 0 Å². The van der Waals surface area contributed by atoms with E-state index in [4.69, 9.17) is 9.15 Å². The van der Waals surface area contributed by atoms with E-state index in [1.54, 1.807) is 13.0 Å². The highest BCUT2D eigenvalue weighted by Crippen LogP contribution is 2.17. The number of hydrogen-bond acceptors (Lipinski definition) is 5. The molecule has 0 aliphatic carbocycles. The smallest absolute Gasteiger partial charge is 0.341 e. The van der Waals surface area contributed by atoms with Gasteiger partial charge < -0.3 is 14.5 Å². The standard InChI is InChI=1S/C16H26N2O4/c1-5-7-17-15(19)11-18(8-6-2)10-13-9-14(12(3)22-13)16(20)21-4/h9H,5-8,10-11H2,1-4H3,(H,17,19). The number of furan rings is 1. The van der Waals surface area contributed by atoms with Gasteiger partial charge in [0.05, 0.1) is 20.2 Å². The van der Waals surface area contributed by atoms with Crippen LogP contribution < -0.4 is 5.32 Å². The van der Waals surface area contributed by atoms with Gasteiger partial charge in [0.1, 0.15) is 17.1 Å². The first-order valence-electron chi connectivity index (χ1n) is 7.68. The summed E-state index contributed by atoms with van der Waals surface area (Å²) in [6.07, 6.45) is 1.85. The van der Waals surface area contributed by atoms with E-state index in [-0.39, 0.29) is 5.91 Å². The predicted molar refractivity (Wildman–Crippen MR) is 83.7 cm³/mol. The van der Waals surface area contributed by atoms with Gasteiger partial charge in [0, 0.05) is 6.54 Å². The third-order valence-electron chi connectivity index (χ3n) is 3.23. The number of ether oxygens (including phenoxy) is 1. The van der Waals surface area contributed by atoms with Crippen LogP contribution in [0.3, 0.4) is 0 Å². The van der Waals surface area contributed by atoms with Gasteiger partial charge in [-0.05, 0) is 32.4 Å². The number of aryl methyl sites for hydroxylation is 1. The van der Waals surface area contributed by atoms with Crippen LogP contribution in [0.2, 0.25) is 0 Å². The highest BCUT2D eigenvalue weighted by atomic mass is 16.5. The van der Waals surface area contributed by atoms with Gasteiger partial charge in [-0.25, -0.2) is 4.79 Å². The molecule has 0 saturated heterocycles. The van der Waals surface area contributed by atoms with Crippen molar-refractivity contribution in [1.82, 2.24) is 10.2 Å². The lowest BCUT2D eigenvalue weighted by Gasteiger charge is -2.19. The van der Waals surface area contributed by atoms with Crippen LogP contribution in [0.25, 0.3) is 0 Å². The Morgan fingerprint density at radius 2 is 2.05 bits per heavy atom. The van der Waals surface area contributed by atoms with E-state index < -0.39 is 5.97 Å². The van der Waals surface area contributed by atoms with Gasteiger partial charge in [-0.2, -0.15) is 0 Å². The van der Waals surface area contributed by atoms with E-state index in [0.29, 0.717) is 36.7 Å². The van der Waals surface area contributed by atoms with E-state index in [9.17, 15) is 9.59 Å². The van der Waals surface area contributed by atoms with E-state index in [0.717, 1.165) is 19.4 Å². The van der Waals surface area contributed by atoms with Gasteiger partial charge in [0.15, 0.2) is 0 Å². The average Bonchev–Trinajstić information content (AvgIpc) is 2.85. The number of amides is 1. The minimum atomic E-state index is -0.407. The summed E-state index contributed by atoms with van der Waals surface area (Å²) < 4.78 is 10.3. The number of nitrogens with one attached hydrogen (secondary N) is 1. The summed E-state index contributed by atoms with van der Waals surface area (Å²) in [5.41, 5.74) is 0.435. The molecule has 1 rings (SSSR count). The van der Waals surface area contributed by atoms with Gasteiger partial charge in [-0.15, -0.1) is 0 Å². The van der Waals surface area contributed by atoms with Gasteiger partial charge >= 0.3 is 5.97 Å². The molecule has 22 heavy (non-hydrogen) atoms. The molecule has 1 aromatic heterocycles. The first-order valence-corrected chi connectivity index (χ1v) is 7.68. The van der Waals surface area contributed by atoms with E-state index in [2.05, 4.69) is 12.2 Å². The molecule has 0 aliphatic rings. The first-order chi connectivity index (χ1) is 10.5. The third kappa shape index (κ3) is 5.52. The minimum absolute atomic E-state index is 0.00627. The lowest BCUT2D eigenvalue weighted by atomic mass is 10.2. The molecule has 0 unspecified atom stereocenters. The Bertz CT molecular complexity index is 496. The molecule has 0 aromatic carbocycles. The van der Waals surface area contributed by atoms with Crippen LogP contribution in [0, 0.1) is 6.92 Å². The fraction of sp³-hybridized carbons (Fsp3) is 0.625. The molecule has 0 saturated carbocycles. The fourth-order valence-corrected chi connectivity index (χ4v) is 2.21. The minimum Gasteiger partial charge on any atom is -0.465 e. The summed E-state index contributed by atoms with van der Waals surface area (Å²) in [5.74, 6) is 0.797. The molecule has 1 amide bonds. The zero-order valence-electron chi connectivity index (χ0n) is 13.9. The third-order valence-corrected chi connectivity index (χ3v) is 3.23. The molecule has 0 spiro atoms. The van der Waals surface area contributed by atoms with Crippen molar-refractivity contribution in [3.8, 4) is 0 Å². The van der Waals surface area contributed by atoms with E-state index in [1.165, 1.54) is 7.11 Å². The summed E-state index contributed by atoms with van der Waals surface area (Å²) in [7, 11) is 1.34. The number of hydrogen-bond donors (Lipinski definition) is 1. The molecule has 1 heterocycles. The second-order valence-corrected chi connectivity index (χ2v) is 5.23. The molecule has 1 aromatic rings. The zero-order chi connectivity index (χ0) is 16.5. The second-order valence-electron chi connectivity index (χ2n) is 5.23. The Morgan fingerprint density at radius 1 is 1.32 bits per heavy atom. The maximum Gasteiger partial charge on any atom is 0.341 e. The normalized spacial score (nSPS) is 10.8. The first kappa shape index (κ1) is 18.2. The van der Waals surface area contributed by atoms with Crippen molar-refractivity contribution in [2.45, 2.75) is 40.2 Å². The largest absolute Gasteiger partial charge is 0.465 e. The average molecular weight is 310 g/mol. The molecule has 0 bridgehead atoms. The Morgan fingerprint density at radius 3 is 2.64 bits per heavy atom. The fourth-order valence-electron chi connectivity index (χ4n) is 2.21. The molecule has 6 nitrogen and oxygen atoms in total. The van der Waals surface area contributed by atoms with Crippen LogP contribution in [0.1, 0.15) is 48.6 Å². The number of nitrogens with zero attached hydrogens (tertiary/aromatic N) is 1. The van der Waals surface area contributed by atoms with Crippen LogP contribution in [0.4, 0.5) is 0 Å². The SMILES string of the molecule is CCCNC(=O)CN(CCC)Cc1cc(C(=O)OC)c(C)o1. The number of methoxy groups -OCH3 is 1. The van der Waals surface area contributed by atoms with Gasteiger partial charge in [0.25, 0.3) is 0 Å². The Hall–Kier alpha value is -1.82. The second kappa shape index (κ2) is 9.25. The van der Waals surface area contributed by atoms with E-state index >= 15 is 0 Å². The number of esters is 1. The highest BCUT2D eigenvalue weighted by molar-refractivity contribution is 5.90. The summed E-state index contributed by atoms with van der Waals surface area (Å²) in [5, 5.41) is 2.87. The topological polar surface area (TPSA) is 71.8 Å². The Balaban J connectivity index is 2.70. The van der Waals surface area contributed by atoms with Crippen molar-refractivity contribution in [2.75, 3.05) is 26.7 Å². The van der Waals surface area contributed by atoms with Crippen LogP contribution in [0.15, 0.2) is 10.5 Å². The summed E-state index contributed by atoms with van der Waals surface area (Å²) >= 11 is 0. The molecular formula is C16H26N2O4. The van der Waals surface area contributed by atoms with Crippen LogP contribution >= 0.6 is 0 Å². The number of carbonyl (C=O) groups is 2. The van der Waals surface area contributed by atoms with Crippen LogP contribution in [0.5, 0.6) is 0 Å². The quantitative estimate of drug-likeness (QED) is 0.707. The number of rotatable bonds is 9. The molecule has 1 N–H and O–H groups in total. The Kier molecular flexibility index (Phi) is 7.66. The lowest BCUT2D eigenvalue weighted by Crippen LogP contribution is -2.37. The number of carbonyl (C=O) groups excluding carboxylic acids is 2. The van der Waals surface area contributed by atoms with Gasteiger partial charge in [-0.3, -0.25) is 9.69 Å². The molecule has 124 valence electrons. The highest BCUT2D eigenvalue weighted by Gasteiger charge is 2.18. The maximum absolute atomic E-state index is 11.8. The van der Waals surface area contributed by atoms with Gasteiger partial charge in [0.2, 0.25) is 5.91 Å². The predicted octanol–water partition coefficient (Wildman–Crippen LogP) is 2.11. The molecular weight excluding hydrogens is 284 g/mol. The van der Waals surface area contributed by atoms with Crippen molar-refractivity contribution >= 4 is 11.9 Å². The van der Waals surface area contributed by atoms with Crippen LogP contribution in [-0.4, -0.2) is 43.5 Å². The maximum atomic E-state index is 11.8. The molecule has 0 fully saturated rings. The van der Waals surface area contributed by atoms with Crippen molar-refractivity contribution < 1.29 is 18.7 Å².